The maximum absolute atomic E-state index is 12.0. The molecule has 0 spiro atoms. The average Bonchev–Trinajstić information content (AvgIpc) is 2.64. The topological polar surface area (TPSA) is 63.2 Å². The smallest absolute Gasteiger partial charge is 0.310 e. The Labute approximate surface area is 173 Å². The first kappa shape index (κ1) is 22.7. The van der Waals surface area contributed by atoms with Crippen LogP contribution >= 0.6 is 24.0 Å². The molecule has 0 saturated carbocycles. The van der Waals surface area contributed by atoms with Crippen LogP contribution in [0.2, 0.25) is 0 Å². The highest BCUT2D eigenvalue weighted by Gasteiger charge is 2.28. The zero-order chi connectivity index (χ0) is 18.1. The molecule has 7 heteroatoms. The minimum absolute atomic E-state index is 0. The lowest BCUT2D eigenvalue weighted by Crippen LogP contribution is -2.48. The first-order chi connectivity index (χ1) is 12.2. The van der Waals surface area contributed by atoms with Gasteiger partial charge in [-0.3, -0.25) is 9.79 Å². The third-order valence-electron chi connectivity index (χ3n) is 4.41. The van der Waals surface area contributed by atoms with Gasteiger partial charge in [-0.2, -0.15) is 0 Å². The fraction of sp³-hybridized carbons (Fsp3) is 0.579. The molecule has 1 heterocycles. The molecule has 6 nitrogen and oxygen atoms in total. The van der Waals surface area contributed by atoms with Gasteiger partial charge in [-0.1, -0.05) is 24.3 Å². The number of halogens is 1. The molecule has 1 aliphatic rings. The van der Waals surface area contributed by atoms with Crippen LogP contribution in [0.3, 0.4) is 0 Å². The quantitative estimate of drug-likeness (QED) is 0.297. The number of guanidine groups is 1. The summed E-state index contributed by atoms with van der Waals surface area (Å²) >= 11 is 0. The standard InChI is InChI=1S/C19H29N3O3.HI/c1-4-25-18(23)16-10-7-11-22(13-16)19(20-2)21-12-15-8-5-6-9-17(15)14-24-3;/h5-6,8-9,16H,4,7,10-14H2,1-3H3,(H,20,21);1H. The molecule has 0 aliphatic carbocycles. The molecule has 0 radical (unpaired) electrons. The number of carbonyl (C=O) groups excluding carboxylic acids is 1. The van der Waals surface area contributed by atoms with Gasteiger partial charge in [0, 0.05) is 33.8 Å². The highest BCUT2D eigenvalue weighted by molar-refractivity contribution is 14.0. The van der Waals surface area contributed by atoms with Crippen molar-refractivity contribution in [2.24, 2.45) is 10.9 Å². The van der Waals surface area contributed by atoms with Gasteiger partial charge in [0.2, 0.25) is 0 Å². The van der Waals surface area contributed by atoms with Crippen LogP contribution < -0.4 is 5.32 Å². The Hall–Kier alpha value is -1.35. The van der Waals surface area contributed by atoms with Crippen molar-refractivity contribution in [2.75, 3.05) is 33.9 Å². The monoisotopic (exact) mass is 475 g/mol. The van der Waals surface area contributed by atoms with Crippen LogP contribution in [-0.2, 0) is 27.4 Å². The van der Waals surface area contributed by atoms with E-state index >= 15 is 0 Å². The Morgan fingerprint density at radius 3 is 2.73 bits per heavy atom. The second-order valence-corrected chi connectivity index (χ2v) is 6.14. The molecule has 2 rings (SSSR count). The van der Waals surface area contributed by atoms with E-state index in [1.807, 2.05) is 19.1 Å². The van der Waals surface area contributed by atoms with E-state index in [4.69, 9.17) is 9.47 Å². The first-order valence-electron chi connectivity index (χ1n) is 8.87. The lowest BCUT2D eigenvalue weighted by molar-refractivity contribution is -0.149. The Kier molecular flexibility index (Phi) is 10.6. The van der Waals surface area contributed by atoms with Crippen LogP contribution in [0.1, 0.15) is 30.9 Å². The van der Waals surface area contributed by atoms with Crippen molar-refractivity contribution in [3.05, 3.63) is 35.4 Å². The Balaban J connectivity index is 0.00000338. The lowest BCUT2D eigenvalue weighted by atomic mass is 9.98. The van der Waals surface area contributed by atoms with E-state index in [-0.39, 0.29) is 35.9 Å². The van der Waals surface area contributed by atoms with Gasteiger partial charge < -0.3 is 19.7 Å². The number of likely N-dealkylation sites (tertiary alicyclic amines) is 1. The summed E-state index contributed by atoms with van der Waals surface area (Å²) in [4.78, 5) is 18.6. The van der Waals surface area contributed by atoms with Crippen LogP contribution in [0.5, 0.6) is 0 Å². The highest BCUT2D eigenvalue weighted by Crippen LogP contribution is 2.18. The third kappa shape index (κ3) is 6.42. The summed E-state index contributed by atoms with van der Waals surface area (Å²) in [6.45, 7) is 5.08. The van der Waals surface area contributed by atoms with Crippen molar-refractivity contribution in [3.8, 4) is 0 Å². The Bertz CT molecular complexity index is 595. The number of nitrogens with one attached hydrogen (secondary N) is 1. The van der Waals surface area contributed by atoms with E-state index in [0.29, 0.717) is 26.3 Å². The normalized spacial score (nSPS) is 17.4. The number of carbonyl (C=O) groups is 1. The number of methoxy groups -OCH3 is 1. The maximum atomic E-state index is 12.0. The molecule has 1 aromatic carbocycles. The molecule has 1 saturated heterocycles. The minimum Gasteiger partial charge on any atom is -0.466 e. The Morgan fingerprint density at radius 1 is 1.35 bits per heavy atom. The molecule has 1 aliphatic heterocycles. The summed E-state index contributed by atoms with van der Waals surface area (Å²) in [6, 6.07) is 8.20. The number of esters is 1. The summed E-state index contributed by atoms with van der Waals surface area (Å²) in [6.07, 6.45) is 1.84. The highest BCUT2D eigenvalue weighted by atomic mass is 127. The molecule has 0 amide bonds. The van der Waals surface area contributed by atoms with E-state index in [2.05, 4.69) is 27.3 Å². The number of hydrogen-bond donors (Lipinski definition) is 1. The number of ether oxygens (including phenoxy) is 2. The van der Waals surface area contributed by atoms with Gasteiger partial charge in [-0.25, -0.2) is 0 Å². The molecule has 26 heavy (non-hydrogen) atoms. The Morgan fingerprint density at radius 2 is 2.08 bits per heavy atom. The predicted octanol–water partition coefficient (Wildman–Crippen LogP) is 2.80. The molecule has 0 bridgehead atoms. The zero-order valence-electron chi connectivity index (χ0n) is 15.9. The van der Waals surface area contributed by atoms with Crippen LogP contribution in [0, 0.1) is 5.92 Å². The zero-order valence-corrected chi connectivity index (χ0v) is 18.2. The van der Waals surface area contributed by atoms with Crippen LogP contribution in [0.15, 0.2) is 29.3 Å². The van der Waals surface area contributed by atoms with Crippen LogP contribution in [0.25, 0.3) is 0 Å². The van der Waals surface area contributed by atoms with Crippen molar-refractivity contribution in [1.82, 2.24) is 10.2 Å². The number of nitrogens with zero attached hydrogens (tertiary/aromatic N) is 2. The molecule has 1 atom stereocenters. The largest absolute Gasteiger partial charge is 0.466 e. The second-order valence-electron chi connectivity index (χ2n) is 6.14. The van der Waals surface area contributed by atoms with E-state index in [1.54, 1.807) is 14.2 Å². The van der Waals surface area contributed by atoms with E-state index < -0.39 is 0 Å². The molecule has 0 aromatic heterocycles. The lowest BCUT2D eigenvalue weighted by Gasteiger charge is -2.34. The SMILES string of the molecule is CCOC(=O)C1CCCN(C(=NC)NCc2ccccc2COC)C1.I. The molecule has 146 valence electrons. The van der Waals surface area contributed by atoms with E-state index in [1.165, 1.54) is 5.56 Å². The molecule has 1 fully saturated rings. The number of benzene rings is 1. The predicted molar refractivity (Wildman–Crippen MR) is 114 cm³/mol. The van der Waals surface area contributed by atoms with Gasteiger partial charge in [0.05, 0.1) is 19.1 Å². The number of aliphatic imine (C=N–C) groups is 1. The maximum Gasteiger partial charge on any atom is 0.310 e. The van der Waals surface area contributed by atoms with Crippen molar-refractivity contribution in [1.29, 1.82) is 0 Å². The molecule has 1 N–H and O–H groups in total. The third-order valence-corrected chi connectivity index (χ3v) is 4.41. The molecule has 1 unspecified atom stereocenters. The van der Waals surface area contributed by atoms with Gasteiger partial charge in [0.25, 0.3) is 0 Å². The van der Waals surface area contributed by atoms with Crippen LogP contribution in [0.4, 0.5) is 0 Å². The molecular formula is C19H30IN3O3. The first-order valence-corrected chi connectivity index (χ1v) is 8.87. The fourth-order valence-corrected chi connectivity index (χ4v) is 3.15. The summed E-state index contributed by atoms with van der Waals surface area (Å²) in [5.41, 5.74) is 2.35. The van der Waals surface area contributed by atoms with Crippen molar-refractivity contribution >= 4 is 35.9 Å². The summed E-state index contributed by atoms with van der Waals surface area (Å²) < 4.78 is 10.4. The van der Waals surface area contributed by atoms with Crippen molar-refractivity contribution in [2.45, 2.75) is 32.9 Å². The van der Waals surface area contributed by atoms with Gasteiger partial charge in [-0.15, -0.1) is 24.0 Å². The molecule has 1 aromatic rings. The van der Waals surface area contributed by atoms with E-state index in [0.717, 1.165) is 30.9 Å². The number of hydrogen-bond acceptors (Lipinski definition) is 4. The fourth-order valence-electron chi connectivity index (χ4n) is 3.15. The minimum atomic E-state index is -0.104. The van der Waals surface area contributed by atoms with E-state index in [9.17, 15) is 4.79 Å². The second kappa shape index (κ2) is 12.1. The van der Waals surface area contributed by atoms with Gasteiger partial charge in [-0.05, 0) is 30.9 Å². The van der Waals surface area contributed by atoms with Gasteiger partial charge in [0.1, 0.15) is 0 Å². The summed E-state index contributed by atoms with van der Waals surface area (Å²) in [5, 5.41) is 3.41. The number of piperidine rings is 1. The van der Waals surface area contributed by atoms with Crippen molar-refractivity contribution < 1.29 is 14.3 Å². The average molecular weight is 475 g/mol. The van der Waals surface area contributed by atoms with Gasteiger partial charge in [0.15, 0.2) is 5.96 Å². The van der Waals surface area contributed by atoms with Gasteiger partial charge >= 0.3 is 5.97 Å². The summed E-state index contributed by atoms with van der Waals surface area (Å²) in [7, 11) is 3.48. The molecular weight excluding hydrogens is 445 g/mol. The van der Waals surface area contributed by atoms with Crippen molar-refractivity contribution in [3.63, 3.8) is 0 Å². The van der Waals surface area contributed by atoms with Crippen LogP contribution in [-0.4, -0.2) is 50.7 Å². The number of rotatable bonds is 6. The summed E-state index contributed by atoms with van der Waals surface area (Å²) in [5.74, 6) is 0.641.